The zero-order chi connectivity index (χ0) is 14.6. The molecule has 1 aromatic rings. The summed E-state index contributed by atoms with van der Waals surface area (Å²) in [5.41, 5.74) is 2.88. The number of likely N-dealkylation sites (N-methyl/N-ethyl adjacent to an activating group) is 1. The van der Waals surface area contributed by atoms with Crippen LogP contribution >= 0.6 is 0 Å². The molecule has 0 bridgehead atoms. The first-order chi connectivity index (χ1) is 8.86. The van der Waals surface area contributed by atoms with Crippen LogP contribution in [-0.2, 0) is 4.79 Å². The zero-order valence-corrected chi connectivity index (χ0v) is 11.7. The quantitative estimate of drug-likeness (QED) is 0.878. The van der Waals surface area contributed by atoms with E-state index in [0.29, 0.717) is 12.1 Å². The van der Waals surface area contributed by atoms with Crippen LogP contribution < -0.4 is 5.32 Å². The lowest BCUT2D eigenvalue weighted by atomic mass is 10.1. The van der Waals surface area contributed by atoms with Gasteiger partial charge in [-0.2, -0.15) is 0 Å². The van der Waals surface area contributed by atoms with Crippen LogP contribution in [0.1, 0.15) is 24.5 Å². The summed E-state index contributed by atoms with van der Waals surface area (Å²) >= 11 is 0. The highest BCUT2D eigenvalue weighted by molar-refractivity contribution is 5.92. The molecule has 1 atom stereocenters. The summed E-state index contributed by atoms with van der Waals surface area (Å²) in [6, 6.07) is 4.35. The topological polar surface area (TPSA) is 69.6 Å². The Morgan fingerprint density at radius 2 is 1.95 bits per heavy atom. The van der Waals surface area contributed by atoms with Gasteiger partial charge in [-0.15, -0.1) is 0 Å². The standard InChI is InChI=1S/C14H20N2O3/c1-5-12(13(17)18)16(4)14(19)15-11-7-6-9(2)10(3)8-11/h6-8,12H,5H2,1-4H3,(H,15,19)(H,17,18). The summed E-state index contributed by atoms with van der Waals surface area (Å²) in [6.45, 7) is 5.68. The second-order valence-electron chi connectivity index (χ2n) is 4.60. The second-order valence-corrected chi connectivity index (χ2v) is 4.60. The van der Waals surface area contributed by atoms with Crippen molar-refractivity contribution in [1.82, 2.24) is 4.90 Å². The van der Waals surface area contributed by atoms with Gasteiger partial charge in [0.2, 0.25) is 0 Å². The molecule has 0 aliphatic heterocycles. The van der Waals surface area contributed by atoms with Crippen LogP contribution in [0.15, 0.2) is 18.2 Å². The predicted molar refractivity (Wildman–Crippen MR) is 74.4 cm³/mol. The molecule has 1 rings (SSSR count). The Bertz CT molecular complexity index is 486. The van der Waals surface area contributed by atoms with Gasteiger partial charge in [-0.05, 0) is 43.5 Å². The third-order valence-electron chi connectivity index (χ3n) is 3.22. The highest BCUT2D eigenvalue weighted by Gasteiger charge is 2.24. The van der Waals surface area contributed by atoms with E-state index in [4.69, 9.17) is 5.11 Å². The van der Waals surface area contributed by atoms with Gasteiger partial charge >= 0.3 is 12.0 Å². The summed E-state index contributed by atoms with van der Waals surface area (Å²) in [7, 11) is 1.48. The number of carbonyl (C=O) groups is 2. The van der Waals surface area contributed by atoms with Crippen molar-refractivity contribution in [1.29, 1.82) is 0 Å². The Balaban J connectivity index is 2.78. The average molecular weight is 264 g/mol. The maximum absolute atomic E-state index is 12.0. The number of carboxylic acid groups (broad SMARTS) is 1. The number of amides is 2. The highest BCUT2D eigenvalue weighted by atomic mass is 16.4. The molecule has 0 aliphatic rings. The lowest BCUT2D eigenvalue weighted by Crippen LogP contribution is -2.44. The fourth-order valence-corrected chi connectivity index (χ4v) is 1.79. The van der Waals surface area contributed by atoms with Crippen LogP contribution in [0.5, 0.6) is 0 Å². The monoisotopic (exact) mass is 264 g/mol. The number of nitrogens with zero attached hydrogens (tertiary/aromatic N) is 1. The van der Waals surface area contributed by atoms with E-state index in [2.05, 4.69) is 5.32 Å². The predicted octanol–water partition coefficient (Wildman–Crippen LogP) is 2.63. The molecule has 1 unspecified atom stereocenters. The first-order valence-corrected chi connectivity index (χ1v) is 6.20. The maximum Gasteiger partial charge on any atom is 0.326 e. The minimum absolute atomic E-state index is 0.367. The van der Waals surface area contributed by atoms with Gasteiger partial charge in [0, 0.05) is 12.7 Å². The van der Waals surface area contributed by atoms with Crippen LogP contribution in [0.25, 0.3) is 0 Å². The molecule has 0 saturated heterocycles. The van der Waals surface area contributed by atoms with Gasteiger partial charge in [0.15, 0.2) is 0 Å². The van der Waals surface area contributed by atoms with Crippen LogP contribution in [0.4, 0.5) is 10.5 Å². The van der Waals surface area contributed by atoms with Crippen molar-refractivity contribution in [2.45, 2.75) is 33.2 Å². The normalized spacial score (nSPS) is 11.8. The number of carbonyl (C=O) groups excluding carboxylic acids is 1. The number of nitrogens with one attached hydrogen (secondary N) is 1. The minimum Gasteiger partial charge on any atom is -0.480 e. The number of aryl methyl sites for hydroxylation is 2. The number of hydrogen-bond donors (Lipinski definition) is 2. The number of carboxylic acids is 1. The number of hydrogen-bond acceptors (Lipinski definition) is 2. The summed E-state index contributed by atoms with van der Waals surface area (Å²) < 4.78 is 0. The number of benzene rings is 1. The molecule has 0 radical (unpaired) electrons. The Hall–Kier alpha value is -2.04. The first kappa shape index (κ1) is 15.0. The van der Waals surface area contributed by atoms with Gasteiger partial charge in [0.05, 0.1) is 0 Å². The van der Waals surface area contributed by atoms with Crippen molar-refractivity contribution in [3.05, 3.63) is 29.3 Å². The summed E-state index contributed by atoms with van der Waals surface area (Å²) in [4.78, 5) is 24.2. The van der Waals surface area contributed by atoms with Crippen molar-refractivity contribution in [3.63, 3.8) is 0 Å². The van der Waals surface area contributed by atoms with Gasteiger partial charge in [-0.3, -0.25) is 0 Å². The van der Waals surface area contributed by atoms with E-state index in [1.807, 2.05) is 26.0 Å². The molecule has 5 heteroatoms. The first-order valence-electron chi connectivity index (χ1n) is 6.20. The fraction of sp³-hybridized carbons (Fsp3) is 0.429. The van der Waals surface area contributed by atoms with Crippen molar-refractivity contribution >= 4 is 17.7 Å². The third-order valence-corrected chi connectivity index (χ3v) is 3.22. The molecule has 104 valence electrons. The Labute approximate surface area is 113 Å². The van der Waals surface area contributed by atoms with Crippen LogP contribution in [0, 0.1) is 13.8 Å². The van der Waals surface area contributed by atoms with Gasteiger partial charge in [-0.1, -0.05) is 13.0 Å². The minimum atomic E-state index is -1.000. The van der Waals surface area contributed by atoms with Crippen LogP contribution in [0.3, 0.4) is 0 Å². The van der Waals surface area contributed by atoms with E-state index in [0.717, 1.165) is 11.1 Å². The van der Waals surface area contributed by atoms with Gasteiger partial charge in [0.1, 0.15) is 6.04 Å². The zero-order valence-electron chi connectivity index (χ0n) is 11.7. The van der Waals surface area contributed by atoms with Crippen LogP contribution in [-0.4, -0.2) is 35.1 Å². The molecule has 0 heterocycles. The Morgan fingerprint density at radius 1 is 1.32 bits per heavy atom. The van der Waals surface area contributed by atoms with Crippen molar-refractivity contribution < 1.29 is 14.7 Å². The van der Waals surface area contributed by atoms with Crippen molar-refractivity contribution in [2.75, 3.05) is 12.4 Å². The Kier molecular flexibility index (Phi) is 4.92. The lowest BCUT2D eigenvalue weighted by Gasteiger charge is -2.24. The molecular weight excluding hydrogens is 244 g/mol. The molecule has 2 N–H and O–H groups in total. The number of aliphatic carboxylic acids is 1. The number of anilines is 1. The SMILES string of the molecule is CCC(C(=O)O)N(C)C(=O)Nc1ccc(C)c(C)c1. The molecular formula is C14H20N2O3. The Morgan fingerprint density at radius 3 is 2.42 bits per heavy atom. The molecule has 0 fully saturated rings. The van der Waals surface area contributed by atoms with E-state index < -0.39 is 18.0 Å². The molecule has 0 aromatic heterocycles. The molecule has 5 nitrogen and oxygen atoms in total. The third kappa shape index (κ3) is 3.71. The van der Waals surface area contributed by atoms with Gasteiger partial charge < -0.3 is 15.3 Å². The number of rotatable bonds is 4. The van der Waals surface area contributed by atoms with E-state index in [1.54, 1.807) is 13.0 Å². The number of urea groups is 1. The molecule has 0 saturated carbocycles. The van der Waals surface area contributed by atoms with Gasteiger partial charge in [-0.25, -0.2) is 9.59 Å². The average Bonchev–Trinajstić information content (AvgIpc) is 2.34. The van der Waals surface area contributed by atoms with Crippen molar-refractivity contribution in [2.24, 2.45) is 0 Å². The highest BCUT2D eigenvalue weighted by Crippen LogP contribution is 2.15. The smallest absolute Gasteiger partial charge is 0.326 e. The fourth-order valence-electron chi connectivity index (χ4n) is 1.79. The van der Waals surface area contributed by atoms with E-state index >= 15 is 0 Å². The van der Waals surface area contributed by atoms with E-state index in [1.165, 1.54) is 11.9 Å². The van der Waals surface area contributed by atoms with Crippen LogP contribution in [0.2, 0.25) is 0 Å². The maximum atomic E-state index is 12.0. The molecule has 2 amide bonds. The molecule has 0 spiro atoms. The van der Waals surface area contributed by atoms with E-state index in [-0.39, 0.29) is 0 Å². The molecule has 0 aliphatic carbocycles. The second kappa shape index (κ2) is 6.22. The van der Waals surface area contributed by atoms with Crippen molar-refractivity contribution in [3.8, 4) is 0 Å². The molecule has 19 heavy (non-hydrogen) atoms. The largest absolute Gasteiger partial charge is 0.480 e. The summed E-state index contributed by atoms with van der Waals surface area (Å²) in [6.07, 6.45) is 0.367. The summed E-state index contributed by atoms with van der Waals surface area (Å²) in [5.74, 6) is -1.000. The molecule has 1 aromatic carbocycles. The summed E-state index contributed by atoms with van der Waals surface area (Å²) in [5, 5.41) is 11.7. The van der Waals surface area contributed by atoms with Gasteiger partial charge in [0.25, 0.3) is 0 Å². The van der Waals surface area contributed by atoms with E-state index in [9.17, 15) is 9.59 Å². The lowest BCUT2D eigenvalue weighted by molar-refractivity contribution is -0.141.